The van der Waals surface area contributed by atoms with Crippen LogP contribution in [0.2, 0.25) is 0 Å². The van der Waals surface area contributed by atoms with Gasteiger partial charge in [-0.25, -0.2) is 9.97 Å². The summed E-state index contributed by atoms with van der Waals surface area (Å²) in [4.78, 5) is 36.4. The first kappa shape index (κ1) is 21.7. The van der Waals surface area contributed by atoms with E-state index >= 15 is 0 Å². The van der Waals surface area contributed by atoms with E-state index in [9.17, 15) is 9.59 Å². The van der Waals surface area contributed by atoms with Crippen molar-refractivity contribution in [1.82, 2.24) is 19.4 Å². The number of morpholine rings is 1. The van der Waals surface area contributed by atoms with Crippen LogP contribution in [0.4, 0.5) is 11.6 Å². The van der Waals surface area contributed by atoms with Gasteiger partial charge in [0.2, 0.25) is 5.95 Å². The molecule has 1 aliphatic rings. The number of nitrogens with two attached hydrogens (primary N) is 1. The van der Waals surface area contributed by atoms with Gasteiger partial charge in [-0.2, -0.15) is 0 Å². The van der Waals surface area contributed by atoms with Crippen LogP contribution >= 0.6 is 0 Å². The number of amides is 2. The number of fused-ring (bicyclic) bond motifs is 1. The van der Waals surface area contributed by atoms with Gasteiger partial charge in [-0.1, -0.05) is 6.07 Å². The van der Waals surface area contributed by atoms with Gasteiger partial charge < -0.3 is 20.1 Å². The Morgan fingerprint density at radius 2 is 2.03 bits per heavy atom. The van der Waals surface area contributed by atoms with Crippen molar-refractivity contribution in [1.29, 1.82) is 0 Å². The van der Waals surface area contributed by atoms with Gasteiger partial charge in [0.1, 0.15) is 5.52 Å². The number of carbonyl (C=O) groups excluding carboxylic acids is 2. The Morgan fingerprint density at radius 1 is 1.22 bits per heavy atom. The number of rotatable bonds is 7. The number of aromatic nitrogens is 3. The van der Waals surface area contributed by atoms with E-state index in [1.165, 1.54) is 0 Å². The molecule has 0 spiro atoms. The molecule has 0 aliphatic carbocycles. The number of anilines is 2. The first-order valence-corrected chi connectivity index (χ1v) is 10.5. The Morgan fingerprint density at radius 3 is 2.78 bits per heavy atom. The molecule has 10 heteroatoms. The predicted molar refractivity (Wildman–Crippen MR) is 120 cm³/mol. The second kappa shape index (κ2) is 9.75. The molecule has 1 aliphatic heterocycles. The van der Waals surface area contributed by atoms with E-state index in [1.807, 2.05) is 4.57 Å². The largest absolute Gasteiger partial charge is 0.399 e. The second-order valence-corrected chi connectivity index (χ2v) is 7.48. The molecule has 1 fully saturated rings. The molecule has 2 aromatic heterocycles. The lowest BCUT2D eigenvalue weighted by molar-refractivity contribution is 0.0302. The Hall–Kier alpha value is -3.50. The molecule has 1 saturated heterocycles. The maximum absolute atomic E-state index is 12.8. The number of carbonyl (C=O) groups is 2. The molecule has 0 unspecified atom stereocenters. The quantitative estimate of drug-likeness (QED) is 0.425. The standard InChI is InChI=1S/C22H26N6O4/c1-31-9-3-6-28-19-18(13-16(14-24-19)21(30)27-7-10-32-11-8-27)25-22(28)26-20(29)15-4-2-5-17(23)12-15/h2,4-5,12-14H,3,6-11,23H2,1H3,(H,25,26,29). The van der Waals surface area contributed by atoms with Gasteiger partial charge in [0.05, 0.1) is 18.8 Å². The van der Waals surface area contributed by atoms with E-state index < -0.39 is 0 Å². The van der Waals surface area contributed by atoms with Crippen LogP contribution in [0.3, 0.4) is 0 Å². The average molecular weight is 438 g/mol. The summed E-state index contributed by atoms with van der Waals surface area (Å²) in [6.45, 7) is 3.23. The zero-order valence-corrected chi connectivity index (χ0v) is 17.9. The summed E-state index contributed by atoms with van der Waals surface area (Å²) >= 11 is 0. The van der Waals surface area contributed by atoms with Crippen LogP contribution in [-0.4, -0.2) is 71.3 Å². The molecule has 0 radical (unpaired) electrons. The van der Waals surface area contributed by atoms with E-state index in [0.717, 1.165) is 0 Å². The normalized spacial score (nSPS) is 14.0. The number of imidazole rings is 1. The van der Waals surface area contributed by atoms with Crippen molar-refractivity contribution >= 4 is 34.6 Å². The van der Waals surface area contributed by atoms with Crippen molar-refractivity contribution in [3.63, 3.8) is 0 Å². The fourth-order valence-corrected chi connectivity index (χ4v) is 3.60. The Bertz CT molecular complexity index is 1120. The number of nitrogens with zero attached hydrogens (tertiary/aromatic N) is 4. The lowest BCUT2D eigenvalue weighted by Crippen LogP contribution is -2.40. The summed E-state index contributed by atoms with van der Waals surface area (Å²) in [5.74, 6) is -0.0841. The van der Waals surface area contributed by atoms with Crippen LogP contribution in [0.15, 0.2) is 36.5 Å². The topological polar surface area (TPSA) is 125 Å². The van der Waals surface area contributed by atoms with Gasteiger partial charge in [-0.05, 0) is 30.7 Å². The summed E-state index contributed by atoms with van der Waals surface area (Å²) < 4.78 is 12.3. The van der Waals surface area contributed by atoms with Crippen molar-refractivity contribution < 1.29 is 19.1 Å². The first-order valence-electron chi connectivity index (χ1n) is 10.5. The number of nitrogen functional groups attached to an aromatic ring is 1. The van der Waals surface area contributed by atoms with Crippen LogP contribution in [0.1, 0.15) is 27.1 Å². The molecule has 0 saturated carbocycles. The number of nitrogens with one attached hydrogen (secondary N) is 1. The van der Waals surface area contributed by atoms with Crippen LogP contribution in [0, 0.1) is 0 Å². The number of ether oxygens (including phenoxy) is 2. The maximum atomic E-state index is 12.8. The first-order chi connectivity index (χ1) is 15.6. The third-order valence-electron chi connectivity index (χ3n) is 5.23. The molecular weight excluding hydrogens is 412 g/mol. The zero-order chi connectivity index (χ0) is 22.5. The van der Waals surface area contributed by atoms with E-state index in [2.05, 4.69) is 15.3 Å². The molecule has 2 amide bonds. The van der Waals surface area contributed by atoms with Crippen LogP contribution in [0.5, 0.6) is 0 Å². The SMILES string of the molecule is COCCCn1c(NC(=O)c2cccc(N)c2)nc2cc(C(=O)N3CCOCC3)cnc21. The highest BCUT2D eigenvalue weighted by atomic mass is 16.5. The fraction of sp³-hybridized carbons (Fsp3) is 0.364. The highest BCUT2D eigenvalue weighted by Crippen LogP contribution is 2.21. The fourth-order valence-electron chi connectivity index (χ4n) is 3.60. The number of pyridine rings is 1. The van der Waals surface area contributed by atoms with Gasteiger partial charge in [0, 0.05) is 50.8 Å². The minimum atomic E-state index is -0.329. The van der Waals surface area contributed by atoms with E-state index in [4.69, 9.17) is 15.2 Å². The van der Waals surface area contributed by atoms with E-state index in [1.54, 1.807) is 48.5 Å². The summed E-state index contributed by atoms with van der Waals surface area (Å²) in [6.07, 6.45) is 2.26. The van der Waals surface area contributed by atoms with Gasteiger partial charge in [-0.3, -0.25) is 19.5 Å². The number of methoxy groups -OCH3 is 1. The van der Waals surface area contributed by atoms with Crippen molar-refractivity contribution in [2.24, 2.45) is 0 Å². The molecule has 0 bridgehead atoms. The van der Waals surface area contributed by atoms with Gasteiger partial charge >= 0.3 is 0 Å². The summed E-state index contributed by atoms with van der Waals surface area (Å²) in [5, 5.41) is 2.85. The molecule has 0 atom stereocenters. The van der Waals surface area contributed by atoms with Crippen LogP contribution < -0.4 is 11.1 Å². The van der Waals surface area contributed by atoms with E-state index in [0.29, 0.717) is 79.8 Å². The van der Waals surface area contributed by atoms with E-state index in [-0.39, 0.29) is 11.8 Å². The van der Waals surface area contributed by atoms with Crippen LogP contribution in [0.25, 0.3) is 11.2 Å². The smallest absolute Gasteiger partial charge is 0.258 e. The molecule has 168 valence electrons. The van der Waals surface area contributed by atoms with Crippen molar-refractivity contribution in [3.8, 4) is 0 Å². The Labute approximate surface area is 185 Å². The summed E-state index contributed by atoms with van der Waals surface area (Å²) in [7, 11) is 1.64. The zero-order valence-electron chi connectivity index (χ0n) is 17.9. The lowest BCUT2D eigenvalue weighted by atomic mass is 10.2. The molecular formula is C22H26N6O4. The molecule has 3 aromatic rings. The minimum absolute atomic E-state index is 0.109. The van der Waals surface area contributed by atoms with Gasteiger partial charge in [-0.15, -0.1) is 0 Å². The molecule has 4 rings (SSSR count). The molecule has 10 nitrogen and oxygen atoms in total. The summed E-state index contributed by atoms with van der Waals surface area (Å²) in [6, 6.07) is 8.43. The molecule has 3 heterocycles. The van der Waals surface area contributed by atoms with Crippen molar-refractivity contribution in [2.45, 2.75) is 13.0 Å². The average Bonchev–Trinajstić information content (AvgIpc) is 3.15. The lowest BCUT2D eigenvalue weighted by Gasteiger charge is -2.26. The number of hydrogen-bond acceptors (Lipinski definition) is 7. The number of aryl methyl sites for hydroxylation is 1. The molecule has 1 aromatic carbocycles. The highest BCUT2D eigenvalue weighted by molar-refractivity contribution is 6.04. The van der Waals surface area contributed by atoms with Gasteiger partial charge in [0.15, 0.2) is 5.65 Å². The highest BCUT2D eigenvalue weighted by Gasteiger charge is 2.21. The van der Waals surface area contributed by atoms with Crippen molar-refractivity contribution in [3.05, 3.63) is 47.7 Å². The monoisotopic (exact) mass is 438 g/mol. The van der Waals surface area contributed by atoms with Gasteiger partial charge in [0.25, 0.3) is 11.8 Å². The van der Waals surface area contributed by atoms with Crippen LogP contribution in [-0.2, 0) is 16.0 Å². The summed E-state index contributed by atoms with van der Waals surface area (Å²) in [5.41, 5.74) is 8.30. The number of hydrogen-bond donors (Lipinski definition) is 2. The third kappa shape index (κ3) is 4.71. The minimum Gasteiger partial charge on any atom is -0.399 e. The predicted octanol–water partition coefficient (Wildman–Crippen LogP) is 1.77. The Balaban J connectivity index is 1.64. The number of benzene rings is 1. The maximum Gasteiger partial charge on any atom is 0.258 e. The second-order valence-electron chi connectivity index (χ2n) is 7.48. The third-order valence-corrected chi connectivity index (χ3v) is 5.23. The molecule has 3 N–H and O–H groups in total. The Kier molecular flexibility index (Phi) is 6.62. The molecule has 32 heavy (non-hydrogen) atoms. The van der Waals surface area contributed by atoms with Crippen molar-refractivity contribution in [2.75, 3.05) is 51.1 Å².